The number of amides is 2. The molecule has 116 valence electrons. The minimum Gasteiger partial charge on any atom is -0.494 e. The summed E-state index contributed by atoms with van der Waals surface area (Å²) in [5, 5.41) is 13.7. The molecular weight excluding hydrogens is 279 g/mol. The van der Waals surface area contributed by atoms with Crippen LogP contribution < -0.4 is 15.4 Å². The van der Waals surface area contributed by atoms with E-state index in [2.05, 4.69) is 10.6 Å². The second kappa shape index (κ2) is 8.08. The molecule has 1 rings (SSSR count). The van der Waals surface area contributed by atoms with Crippen LogP contribution in [0, 0.1) is 11.7 Å². The van der Waals surface area contributed by atoms with Gasteiger partial charge in [0.25, 0.3) is 0 Å². The molecule has 7 heteroatoms. The third-order valence-corrected chi connectivity index (χ3v) is 2.87. The number of halogens is 1. The van der Waals surface area contributed by atoms with E-state index in [1.165, 1.54) is 19.2 Å². The number of urea groups is 1. The van der Waals surface area contributed by atoms with Gasteiger partial charge in [-0.3, -0.25) is 4.79 Å². The van der Waals surface area contributed by atoms with E-state index in [1.54, 1.807) is 0 Å². The fraction of sp³-hybridized carbons (Fsp3) is 0.429. The van der Waals surface area contributed by atoms with Crippen molar-refractivity contribution < 1.29 is 23.8 Å². The third-order valence-electron chi connectivity index (χ3n) is 2.87. The lowest BCUT2D eigenvalue weighted by Gasteiger charge is -2.12. The first kappa shape index (κ1) is 16.7. The van der Waals surface area contributed by atoms with Gasteiger partial charge in [-0.2, -0.15) is 0 Å². The van der Waals surface area contributed by atoms with Crippen molar-refractivity contribution in [3.8, 4) is 5.75 Å². The zero-order chi connectivity index (χ0) is 15.8. The monoisotopic (exact) mass is 298 g/mol. The molecule has 0 bridgehead atoms. The smallest absolute Gasteiger partial charge is 0.319 e. The molecule has 6 nitrogen and oxygen atoms in total. The van der Waals surface area contributed by atoms with Crippen molar-refractivity contribution in [2.24, 2.45) is 5.92 Å². The Labute approximate surface area is 122 Å². The molecule has 0 saturated carbocycles. The summed E-state index contributed by atoms with van der Waals surface area (Å²) in [6.45, 7) is 2.19. The molecule has 1 atom stereocenters. The van der Waals surface area contributed by atoms with Crippen molar-refractivity contribution in [2.45, 2.75) is 19.8 Å². The van der Waals surface area contributed by atoms with Crippen LogP contribution in [0.4, 0.5) is 14.9 Å². The van der Waals surface area contributed by atoms with Crippen molar-refractivity contribution in [3.05, 3.63) is 24.0 Å². The Hall–Kier alpha value is -2.31. The summed E-state index contributed by atoms with van der Waals surface area (Å²) in [5.41, 5.74) is 0.309. The molecular formula is C14H19FN2O4. The van der Waals surface area contributed by atoms with Gasteiger partial charge in [0.15, 0.2) is 11.6 Å². The van der Waals surface area contributed by atoms with Crippen molar-refractivity contribution >= 4 is 17.7 Å². The third kappa shape index (κ3) is 6.11. The summed E-state index contributed by atoms with van der Waals surface area (Å²) in [6, 6.07) is 3.63. The van der Waals surface area contributed by atoms with Crippen molar-refractivity contribution in [1.82, 2.24) is 5.32 Å². The van der Waals surface area contributed by atoms with E-state index in [9.17, 15) is 14.0 Å². The maximum Gasteiger partial charge on any atom is 0.319 e. The summed E-state index contributed by atoms with van der Waals surface area (Å²) in [5.74, 6) is -1.28. The maximum atomic E-state index is 13.4. The first-order valence-electron chi connectivity index (χ1n) is 6.52. The number of anilines is 1. The van der Waals surface area contributed by atoms with E-state index < -0.39 is 17.8 Å². The molecule has 0 aliphatic rings. The summed E-state index contributed by atoms with van der Waals surface area (Å²) in [6.07, 6.45) is 0.543. The van der Waals surface area contributed by atoms with E-state index in [4.69, 9.17) is 9.84 Å². The van der Waals surface area contributed by atoms with Crippen LogP contribution in [0.5, 0.6) is 5.75 Å². The lowest BCUT2D eigenvalue weighted by Crippen LogP contribution is -2.32. The number of methoxy groups -OCH3 is 1. The molecule has 0 heterocycles. The van der Waals surface area contributed by atoms with Gasteiger partial charge in [-0.15, -0.1) is 0 Å². The molecule has 0 fully saturated rings. The Morgan fingerprint density at radius 1 is 1.43 bits per heavy atom. The molecule has 3 N–H and O–H groups in total. The number of nitrogens with one attached hydrogen (secondary N) is 2. The number of hydrogen-bond acceptors (Lipinski definition) is 3. The minimum absolute atomic E-state index is 0.0412. The van der Waals surface area contributed by atoms with Gasteiger partial charge in [0.2, 0.25) is 0 Å². The molecule has 1 aromatic carbocycles. The number of benzene rings is 1. The quantitative estimate of drug-likeness (QED) is 0.721. The molecule has 1 unspecified atom stereocenters. The summed E-state index contributed by atoms with van der Waals surface area (Å²) < 4.78 is 18.2. The van der Waals surface area contributed by atoms with Gasteiger partial charge in [-0.05, 0) is 24.5 Å². The number of carbonyl (C=O) groups is 2. The van der Waals surface area contributed by atoms with Crippen LogP contribution in [0.25, 0.3) is 0 Å². The highest BCUT2D eigenvalue weighted by molar-refractivity contribution is 5.89. The Bertz CT molecular complexity index is 508. The Balaban J connectivity index is 2.40. The molecule has 0 aromatic heterocycles. The standard InChI is InChI=1S/C14H19FN2O4/c1-9(3-6-13(18)19)8-16-14(20)17-10-4-5-12(21-2)11(15)7-10/h4-5,7,9H,3,6,8H2,1-2H3,(H,18,19)(H2,16,17,20). The Morgan fingerprint density at radius 2 is 2.14 bits per heavy atom. The van der Waals surface area contributed by atoms with Crippen LogP contribution in [0.2, 0.25) is 0 Å². The fourth-order valence-electron chi connectivity index (χ4n) is 1.66. The molecule has 0 aliphatic carbocycles. The second-order valence-corrected chi connectivity index (χ2v) is 4.72. The van der Waals surface area contributed by atoms with Gasteiger partial charge in [0, 0.05) is 24.7 Å². The van der Waals surface area contributed by atoms with Crippen LogP contribution in [-0.4, -0.2) is 30.8 Å². The van der Waals surface area contributed by atoms with E-state index in [0.29, 0.717) is 18.7 Å². The topological polar surface area (TPSA) is 87.7 Å². The summed E-state index contributed by atoms with van der Waals surface area (Å²) >= 11 is 0. The van der Waals surface area contributed by atoms with Crippen LogP contribution in [0.15, 0.2) is 18.2 Å². The number of carboxylic acids is 1. The van der Waals surface area contributed by atoms with Crippen LogP contribution in [-0.2, 0) is 4.79 Å². The van der Waals surface area contributed by atoms with Crippen molar-refractivity contribution in [3.63, 3.8) is 0 Å². The number of ether oxygens (including phenoxy) is 1. The maximum absolute atomic E-state index is 13.4. The highest BCUT2D eigenvalue weighted by atomic mass is 19.1. The normalized spacial score (nSPS) is 11.6. The molecule has 0 spiro atoms. The SMILES string of the molecule is COc1ccc(NC(=O)NCC(C)CCC(=O)O)cc1F. The molecule has 0 aliphatic heterocycles. The van der Waals surface area contributed by atoms with Gasteiger partial charge in [-0.1, -0.05) is 6.92 Å². The summed E-state index contributed by atoms with van der Waals surface area (Å²) in [7, 11) is 1.36. The molecule has 21 heavy (non-hydrogen) atoms. The molecule has 0 saturated heterocycles. The Kier molecular flexibility index (Phi) is 6.45. The highest BCUT2D eigenvalue weighted by Crippen LogP contribution is 2.20. The van der Waals surface area contributed by atoms with Crippen molar-refractivity contribution in [2.75, 3.05) is 19.0 Å². The van der Waals surface area contributed by atoms with Crippen LogP contribution in [0.3, 0.4) is 0 Å². The van der Waals surface area contributed by atoms with E-state index >= 15 is 0 Å². The lowest BCUT2D eigenvalue weighted by atomic mass is 10.1. The first-order chi connectivity index (χ1) is 9.92. The highest BCUT2D eigenvalue weighted by Gasteiger charge is 2.09. The average molecular weight is 298 g/mol. The Morgan fingerprint density at radius 3 is 2.71 bits per heavy atom. The van der Waals surface area contributed by atoms with E-state index in [0.717, 1.165) is 6.07 Å². The largest absolute Gasteiger partial charge is 0.494 e. The molecule has 0 radical (unpaired) electrons. The van der Waals surface area contributed by atoms with Gasteiger partial charge in [-0.25, -0.2) is 9.18 Å². The van der Waals surface area contributed by atoms with Gasteiger partial charge in [0.05, 0.1) is 7.11 Å². The zero-order valence-corrected chi connectivity index (χ0v) is 12.0. The minimum atomic E-state index is -0.861. The zero-order valence-electron chi connectivity index (χ0n) is 12.0. The van der Waals surface area contributed by atoms with Crippen LogP contribution in [0.1, 0.15) is 19.8 Å². The van der Waals surface area contributed by atoms with Gasteiger partial charge in [0.1, 0.15) is 0 Å². The van der Waals surface area contributed by atoms with Gasteiger partial charge >= 0.3 is 12.0 Å². The fourth-order valence-corrected chi connectivity index (χ4v) is 1.66. The first-order valence-corrected chi connectivity index (χ1v) is 6.52. The summed E-state index contributed by atoms with van der Waals surface area (Å²) in [4.78, 5) is 22.1. The van der Waals surface area contributed by atoms with Gasteiger partial charge < -0.3 is 20.5 Å². The molecule has 1 aromatic rings. The number of hydrogen-bond donors (Lipinski definition) is 3. The second-order valence-electron chi connectivity index (χ2n) is 4.72. The number of rotatable bonds is 7. The predicted octanol–water partition coefficient (Wildman–Crippen LogP) is 2.46. The van der Waals surface area contributed by atoms with E-state index in [1.807, 2.05) is 6.92 Å². The molecule has 2 amide bonds. The predicted molar refractivity (Wildman–Crippen MR) is 76.0 cm³/mol. The average Bonchev–Trinajstić information content (AvgIpc) is 2.43. The number of aliphatic carboxylic acids is 1. The van der Waals surface area contributed by atoms with Crippen molar-refractivity contribution in [1.29, 1.82) is 0 Å². The van der Waals surface area contributed by atoms with E-state index in [-0.39, 0.29) is 18.1 Å². The van der Waals surface area contributed by atoms with Crippen LogP contribution >= 0.6 is 0 Å². The number of carboxylic acid groups (broad SMARTS) is 1. The lowest BCUT2D eigenvalue weighted by molar-refractivity contribution is -0.137. The number of carbonyl (C=O) groups excluding carboxylic acids is 1.